The molecule has 3 nitrogen and oxygen atoms in total. The van der Waals surface area contributed by atoms with Crippen molar-refractivity contribution in [2.75, 3.05) is 19.6 Å². The van der Waals surface area contributed by atoms with E-state index >= 15 is 0 Å². The summed E-state index contributed by atoms with van der Waals surface area (Å²) in [7, 11) is 0. The quantitative estimate of drug-likeness (QED) is 0.288. The third-order valence-electron chi connectivity index (χ3n) is 8.19. The van der Waals surface area contributed by atoms with Gasteiger partial charge in [-0.25, -0.2) is 13.6 Å². The molecule has 0 radical (unpaired) electrons. The molecule has 0 bridgehead atoms. The van der Waals surface area contributed by atoms with E-state index in [1.165, 1.54) is 11.1 Å². The summed E-state index contributed by atoms with van der Waals surface area (Å²) in [5.41, 5.74) is 9.33. The van der Waals surface area contributed by atoms with E-state index in [1.807, 2.05) is 24.3 Å². The molecule has 1 N–H and O–H groups in total. The Balaban J connectivity index is 0.00000370. The van der Waals surface area contributed by atoms with Crippen molar-refractivity contribution in [3.05, 3.63) is 105 Å². The zero-order valence-corrected chi connectivity index (χ0v) is 24.2. The van der Waals surface area contributed by atoms with Crippen LogP contribution in [0.25, 0.3) is 11.1 Å². The number of aryl methyl sites for hydroxylation is 1. The SMILES string of the molecule is Cc1c(Cl)cccc1C1=C(c2ccc(CC3CCN(CCC(F)F)C3)cc2)c2ccc(C(=O)O)cc2CCC1.Cl. The minimum atomic E-state index is -2.24. The predicted octanol–water partition coefficient (Wildman–Crippen LogP) is 8.58. The van der Waals surface area contributed by atoms with Crippen LogP contribution in [0.4, 0.5) is 8.78 Å². The zero-order chi connectivity index (χ0) is 27.5. The van der Waals surface area contributed by atoms with Crippen molar-refractivity contribution in [3.63, 3.8) is 0 Å². The van der Waals surface area contributed by atoms with Gasteiger partial charge in [-0.05, 0) is 114 Å². The number of carboxylic acids is 1. The largest absolute Gasteiger partial charge is 0.478 e. The number of halogens is 4. The van der Waals surface area contributed by atoms with E-state index < -0.39 is 12.4 Å². The molecule has 2 aliphatic rings. The molecule has 0 aromatic heterocycles. The van der Waals surface area contributed by atoms with Gasteiger partial charge >= 0.3 is 5.97 Å². The van der Waals surface area contributed by atoms with Gasteiger partial charge in [0, 0.05) is 24.5 Å². The molecule has 3 aromatic carbocycles. The molecule has 7 heteroatoms. The lowest BCUT2D eigenvalue weighted by Gasteiger charge is -2.19. The van der Waals surface area contributed by atoms with E-state index in [0.717, 1.165) is 83.6 Å². The average molecular weight is 587 g/mol. The number of hydrogen-bond acceptors (Lipinski definition) is 2. The number of benzene rings is 3. The van der Waals surface area contributed by atoms with Crippen molar-refractivity contribution in [2.24, 2.45) is 5.92 Å². The highest BCUT2D eigenvalue weighted by Crippen LogP contribution is 2.42. The molecule has 1 atom stereocenters. The molecule has 0 amide bonds. The molecule has 1 heterocycles. The molecule has 1 unspecified atom stereocenters. The second kappa shape index (κ2) is 13.3. The lowest BCUT2D eigenvalue weighted by Crippen LogP contribution is -2.23. The Morgan fingerprint density at radius 3 is 2.58 bits per heavy atom. The molecule has 1 aliphatic heterocycles. The third kappa shape index (κ3) is 6.76. The number of carbonyl (C=O) groups is 1. The monoisotopic (exact) mass is 585 g/mol. The maximum Gasteiger partial charge on any atom is 0.335 e. The molecule has 0 spiro atoms. The van der Waals surface area contributed by atoms with Crippen LogP contribution in [0.3, 0.4) is 0 Å². The Bertz CT molecular complexity index is 1390. The Kier molecular flexibility index (Phi) is 10.0. The highest BCUT2D eigenvalue weighted by molar-refractivity contribution is 6.31. The van der Waals surface area contributed by atoms with Gasteiger partial charge < -0.3 is 10.0 Å². The number of likely N-dealkylation sites (tertiary alicyclic amines) is 1. The first kappa shape index (κ1) is 30.2. The zero-order valence-electron chi connectivity index (χ0n) is 22.6. The summed E-state index contributed by atoms with van der Waals surface area (Å²) in [5.74, 6) is -0.437. The van der Waals surface area contributed by atoms with E-state index in [9.17, 15) is 18.7 Å². The van der Waals surface area contributed by atoms with Crippen LogP contribution in [-0.4, -0.2) is 42.0 Å². The molecule has 1 aliphatic carbocycles. The maximum absolute atomic E-state index is 12.6. The van der Waals surface area contributed by atoms with E-state index in [2.05, 4.69) is 42.2 Å². The molecule has 3 aromatic rings. The lowest BCUT2D eigenvalue weighted by atomic mass is 9.85. The molecule has 0 saturated carbocycles. The van der Waals surface area contributed by atoms with Crippen LogP contribution in [-0.2, 0) is 12.8 Å². The number of hydrogen-bond donors (Lipinski definition) is 1. The minimum absolute atomic E-state index is 0. The summed E-state index contributed by atoms with van der Waals surface area (Å²) < 4.78 is 25.2. The number of nitrogens with zero attached hydrogens (tertiary/aromatic N) is 1. The highest BCUT2D eigenvalue weighted by Gasteiger charge is 2.25. The van der Waals surface area contributed by atoms with Crippen molar-refractivity contribution in [1.29, 1.82) is 0 Å². The van der Waals surface area contributed by atoms with Gasteiger partial charge in [0.2, 0.25) is 6.43 Å². The fourth-order valence-electron chi connectivity index (χ4n) is 6.16. The minimum Gasteiger partial charge on any atom is -0.478 e. The lowest BCUT2D eigenvalue weighted by molar-refractivity contribution is 0.0696. The van der Waals surface area contributed by atoms with Crippen LogP contribution in [0, 0.1) is 12.8 Å². The summed E-state index contributed by atoms with van der Waals surface area (Å²) >= 11 is 6.54. The second-order valence-corrected chi connectivity index (χ2v) is 11.2. The van der Waals surface area contributed by atoms with Crippen LogP contribution < -0.4 is 0 Å². The molecule has 212 valence electrons. The molecular weight excluding hydrogens is 551 g/mol. The summed E-state index contributed by atoms with van der Waals surface area (Å²) in [6, 6.07) is 20.2. The van der Waals surface area contributed by atoms with Crippen molar-refractivity contribution >= 4 is 41.1 Å². The van der Waals surface area contributed by atoms with Gasteiger partial charge in [0.25, 0.3) is 0 Å². The first-order valence-corrected chi connectivity index (χ1v) is 14.1. The Morgan fingerprint density at radius 1 is 1.07 bits per heavy atom. The summed E-state index contributed by atoms with van der Waals surface area (Å²) in [5, 5.41) is 10.3. The van der Waals surface area contributed by atoms with E-state index in [-0.39, 0.29) is 18.8 Å². The fourth-order valence-corrected chi connectivity index (χ4v) is 6.33. The van der Waals surface area contributed by atoms with Crippen molar-refractivity contribution in [3.8, 4) is 0 Å². The van der Waals surface area contributed by atoms with Crippen LogP contribution in [0.5, 0.6) is 0 Å². The summed E-state index contributed by atoms with van der Waals surface area (Å²) in [6.45, 7) is 4.28. The van der Waals surface area contributed by atoms with Gasteiger partial charge in [0.15, 0.2) is 0 Å². The first-order chi connectivity index (χ1) is 18.8. The number of rotatable bonds is 8. The van der Waals surface area contributed by atoms with Crippen LogP contribution in [0.15, 0.2) is 60.7 Å². The Morgan fingerprint density at radius 2 is 1.85 bits per heavy atom. The van der Waals surface area contributed by atoms with Crippen molar-refractivity contribution < 1.29 is 18.7 Å². The van der Waals surface area contributed by atoms with Gasteiger partial charge in [-0.2, -0.15) is 0 Å². The first-order valence-electron chi connectivity index (χ1n) is 13.7. The molecule has 40 heavy (non-hydrogen) atoms. The predicted molar refractivity (Wildman–Crippen MR) is 161 cm³/mol. The topological polar surface area (TPSA) is 40.5 Å². The van der Waals surface area contributed by atoms with Crippen molar-refractivity contribution in [1.82, 2.24) is 4.90 Å². The number of allylic oxidation sites excluding steroid dienone is 1. The van der Waals surface area contributed by atoms with E-state index in [4.69, 9.17) is 11.6 Å². The molecule has 5 rings (SSSR count). The second-order valence-electron chi connectivity index (χ2n) is 10.8. The van der Waals surface area contributed by atoms with Gasteiger partial charge in [0.05, 0.1) is 5.56 Å². The van der Waals surface area contributed by atoms with Gasteiger partial charge in [0.1, 0.15) is 0 Å². The Hall–Kier alpha value is -2.73. The molecule has 1 fully saturated rings. The van der Waals surface area contributed by atoms with Crippen LogP contribution in [0.2, 0.25) is 5.02 Å². The van der Waals surface area contributed by atoms with Gasteiger partial charge in [-0.1, -0.05) is 54.1 Å². The van der Waals surface area contributed by atoms with Gasteiger partial charge in [-0.3, -0.25) is 0 Å². The number of alkyl halides is 2. The average Bonchev–Trinajstić information content (AvgIpc) is 3.28. The number of carboxylic acid groups (broad SMARTS) is 1. The summed E-state index contributed by atoms with van der Waals surface area (Å²) in [4.78, 5) is 13.9. The van der Waals surface area contributed by atoms with E-state index in [1.54, 1.807) is 6.07 Å². The van der Waals surface area contributed by atoms with Crippen LogP contribution >= 0.6 is 24.0 Å². The number of aromatic carboxylic acids is 1. The summed E-state index contributed by atoms with van der Waals surface area (Å²) in [6.07, 6.45) is 2.27. The number of fused-ring (bicyclic) bond motifs is 1. The standard InChI is InChI=1S/C33H34ClF2NO2.ClH/c1-21-27(5-3-7-30(21)34)29-6-2-4-25-19-26(33(38)39)12-13-28(25)32(29)24-10-8-22(9-11-24)18-23-14-16-37(20-23)17-15-31(35)36;/h3,5,7-13,19,23,31H,2,4,6,14-18,20H2,1H3,(H,38,39);1H. The smallest absolute Gasteiger partial charge is 0.335 e. The molecule has 1 saturated heterocycles. The van der Waals surface area contributed by atoms with Gasteiger partial charge in [-0.15, -0.1) is 12.4 Å². The molecular formula is C33H35Cl2F2NO2. The van der Waals surface area contributed by atoms with Crippen molar-refractivity contribution in [2.45, 2.75) is 51.9 Å². The normalized spacial score (nSPS) is 17.5. The Labute approximate surface area is 246 Å². The van der Waals surface area contributed by atoms with E-state index in [0.29, 0.717) is 18.0 Å². The fraction of sp³-hybridized carbons (Fsp3) is 0.364. The highest BCUT2D eigenvalue weighted by atomic mass is 35.5. The van der Waals surface area contributed by atoms with Crippen LogP contribution in [0.1, 0.15) is 69.4 Å². The third-order valence-corrected chi connectivity index (χ3v) is 8.60. The maximum atomic E-state index is 12.6.